The summed E-state index contributed by atoms with van der Waals surface area (Å²) in [6.45, 7) is 0.389. The van der Waals surface area contributed by atoms with E-state index < -0.39 is 0 Å². The molecule has 166 valence electrons. The monoisotopic (exact) mass is 440 g/mol. The van der Waals surface area contributed by atoms with E-state index in [9.17, 15) is 5.11 Å². The molecule has 0 atom stereocenters. The highest BCUT2D eigenvalue weighted by Gasteiger charge is 2.05. The number of aromatic hydroxyl groups is 1. The summed E-state index contributed by atoms with van der Waals surface area (Å²) in [5.41, 5.74) is 10.3. The van der Waals surface area contributed by atoms with Crippen molar-refractivity contribution in [2.75, 3.05) is 12.8 Å². The second-order valence-electron chi connectivity index (χ2n) is 7.25. The standard InChI is InChI=1S/C26H24N4O3/c1-32-26-16-23(33-17-22-4-2-3-13-28-22)11-8-19(26)7-10-21-15-20(29-30-21)9-5-18-6-12-25(31)24(27)14-18/h2-16,31H,17,27H2,1H3,(H,29,30). The minimum Gasteiger partial charge on any atom is -0.506 e. The van der Waals surface area contributed by atoms with E-state index in [1.54, 1.807) is 31.5 Å². The Hall–Kier alpha value is -4.52. The van der Waals surface area contributed by atoms with Crippen molar-refractivity contribution in [1.29, 1.82) is 0 Å². The summed E-state index contributed by atoms with van der Waals surface area (Å²) in [4.78, 5) is 4.26. The number of phenols is 1. The molecule has 4 aromatic rings. The zero-order valence-electron chi connectivity index (χ0n) is 18.1. The molecule has 0 aliphatic rings. The summed E-state index contributed by atoms with van der Waals surface area (Å²) in [5, 5.41) is 16.8. The Kier molecular flexibility index (Phi) is 6.70. The number of hydrogen-bond donors (Lipinski definition) is 3. The first-order chi connectivity index (χ1) is 16.1. The Balaban J connectivity index is 1.41. The minimum atomic E-state index is 0.0718. The predicted octanol–water partition coefficient (Wildman–Crippen LogP) is 5.02. The van der Waals surface area contributed by atoms with Gasteiger partial charge in [0.2, 0.25) is 0 Å². The number of benzene rings is 2. The van der Waals surface area contributed by atoms with Crippen LogP contribution < -0.4 is 15.2 Å². The number of ether oxygens (including phenoxy) is 2. The number of nitrogens with one attached hydrogen (secondary N) is 1. The number of nitrogens with two attached hydrogens (primary N) is 1. The Morgan fingerprint density at radius 2 is 1.91 bits per heavy atom. The van der Waals surface area contributed by atoms with Crippen molar-refractivity contribution in [1.82, 2.24) is 15.2 Å². The van der Waals surface area contributed by atoms with E-state index in [2.05, 4.69) is 15.2 Å². The fourth-order valence-corrected chi connectivity index (χ4v) is 3.12. The summed E-state index contributed by atoms with van der Waals surface area (Å²) in [6.07, 6.45) is 9.37. The summed E-state index contributed by atoms with van der Waals surface area (Å²) in [5.74, 6) is 1.48. The van der Waals surface area contributed by atoms with Crippen LogP contribution in [0.1, 0.15) is 28.2 Å². The van der Waals surface area contributed by atoms with Crippen molar-refractivity contribution < 1.29 is 14.6 Å². The molecule has 0 amide bonds. The second-order valence-corrected chi connectivity index (χ2v) is 7.25. The number of methoxy groups -OCH3 is 1. The number of hydrogen-bond acceptors (Lipinski definition) is 6. The summed E-state index contributed by atoms with van der Waals surface area (Å²) < 4.78 is 11.3. The molecule has 0 fully saturated rings. The third-order valence-electron chi connectivity index (χ3n) is 4.88. The van der Waals surface area contributed by atoms with Gasteiger partial charge in [0.1, 0.15) is 23.9 Å². The lowest BCUT2D eigenvalue weighted by Crippen LogP contribution is -1.98. The minimum absolute atomic E-state index is 0.0718. The van der Waals surface area contributed by atoms with E-state index in [1.807, 2.05) is 66.8 Å². The number of aromatic nitrogens is 3. The molecule has 7 heteroatoms. The lowest BCUT2D eigenvalue weighted by Gasteiger charge is -2.09. The SMILES string of the molecule is COc1cc(OCc2ccccn2)ccc1C=Cc1cc(C=Cc2ccc(O)c(N)c2)n[nH]1. The quantitative estimate of drug-likeness (QED) is 0.262. The Morgan fingerprint density at radius 3 is 2.70 bits per heavy atom. The first-order valence-electron chi connectivity index (χ1n) is 10.3. The zero-order valence-corrected chi connectivity index (χ0v) is 18.1. The zero-order chi connectivity index (χ0) is 23.0. The summed E-state index contributed by atoms with van der Waals surface area (Å²) in [6, 6.07) is 18.4. The number of rotatable bonds is 8. The van der Waals surface area contributed by atoms with E-state index in [-0.39, 0.29) is 5.75 Å². The second kappa shape index (κ2) is 10.2. The third kappa shape index (κ3) is 5.80. The molecule has 0 spiro atoms. The number of aromatic amines is 1. The van der Waals surface area contributed by atoms with Gasteiger partial charge < -0.3 is 20.3 Å². The van der Waals surface area contributed by atoms with Crippen molar-refractivity contribution >= 4 is 30.0 Å². The molecule has 0 radical (unpaired) electrons. The third-order valence-corrected chi connectivity index (χ3v) is 4.88. The van der Waals surface area contributed by atoms with E-state index in [0.717, 1.165) is 28.2 Å². The average Bonchev–Trinajstić information content (AvgIpc) is 3.31. The van der Waals surface area contributed by atoms with Crippen molar-refractivity contribution in [2.45, 2.75) is 6.61 Å². The van der Waals surface area contributed by atoms with Crippen LogP contribution in [0.2, 0.25) is 0 Å². The lowest BCUT2D eigenvalue weighted by molar-refractivity contribution is 0.299. The molecule has 0 saturated carbocycles. The van der Waals surface area contributed by atoms with Crippen molar-refractivity contribution in [3.05, 3.63) is 95.1 Å². The highest BCUT2D eigenvalue weighted by molar-refractivity contribution is 5.75. The van der Waals surface area contributed by atoms with Crippen molar-refractivity contribution in [3.8, 4) is 17.2 Å². The first kappa shape index (κ1) is 21.7. The molecule has 33 heavy (non-hydrogen) atoms. The van der Waals surface area contributed by atoms with Crippen LogP contribution in [0.25, 0.3) is 24.3 Å². The maximum atomic E-state index is 9.52. The topological polar surface area (TPSA) is 106 Å². The summed E-state index contributed by atoms with van der Waals surface area (Å²) >= 11 is 0. The largest absolute Gasteiger partial charge is 0.506 e. The Labute approximate surface area is 191 Å². The number of nitrogen functional groups attached to an aromatic ring is 1. The lowest BCUT2D eigenvalue weighted by atomic mass is 10.1. The average molecular weight is 441 g/mol. The summed E-state index contributed by atoms with van der Waals surface area (Å²) in [7, 11) is 1.63. The van der Waals surface area contributed by atoms with Gasteiger partial charge >= 0.3 is 0 Å². The Bertz CT molecular complexity index is 1280. The van der Waals surface area contributed by atoms with Crippen LogP contribution in [0.3, 0.4) is 0 Å². The predicted molar refractivity (Wildman–Crippen MR) is 131 cm³/mol. The Morgan fingerprint density at radius 1 is 1.00 bits per heavy atom. The van der Waals surface area contributed by atoms with Gasteiger partial charge in [0.25, 0.3) is 0 Å². The molecule has 0 unspecified atom stereocenters. The maximum Gasteiger partial charge on any atom is 0.138 e. The van der Waals surface area contributed by atoms with Gasteiger partial charge in [-0.15, -0.1) is 0 Å². The van der Waals surface area contributed by atoms with Crippen molar-refractivity contribution in [3.63, 3.8) is 0 Å². The van der Waals surface area contributed by atoms with E-state index in [4.69, 9.17) is 15.2 Å². The van der Waals surface area contributed by atoms with Crippen LogP contribution in [0.5, 0.6) is 17.2 Å². The van der Waals surface area contributed by atoms with Crippen LogP contribution in [-0.4, -0.2) is 27.4 Å². The van der Waals surface area contributed by atoms with Gasteiger partial charge in [-0.1, -0.05) is 18.2 Å². The number of phenolic OH excluding ortho intramolecular Hbond substituents is 1. The van der Waals surface area contributed by atoms with E-state index in [0.29, 0.717) is 23.8 Å². The molecule has 4 rings (SSSR count). The van der Waals surface area contributed by atoms with E-state index >= 15 is 0 Å². The normalized spacial score (nSPS) is 11.3. The van der Waals surface area contributed by atoms with Crippen LogP contribution in [-0.2, 0) is 6.61 Å². The highest BCUT2D eigenvalue weighted by atomic mass is 16.5. The molecular formula is C26H24N4O3. The molecule has 0 saturated heterocycles. The maximum absolute atomic E-state index is 9.52. The molecule has 7 nitrogen and oxygen atoms in total. The highest BCUT2D eigenvalue weighted by Crippen LogP contribution is 2.27. The van der Waals surface area contributed by atoms with Gasteiger partial charge in [-0.25, -0.2) is 0 Å². The fraction of sp³-hybridized carbons (Fsp3) is 0.0769. The molecule has 4 N–H and O–H groups in total. The number of anilines is 1. The van der Waals surface area contributed by atoms with Crippen LogP contribution in [0, 0.1) is 0 Å². The number of pyridine rings is 1. The molecule has 2 aromatic carbocycles. The van der Waals surface area contributed by atoms with Gasteiger partial charge in [0, 0.05) is 17.8 Å². The van der Waals surface area contributed by atoms with Crippen LogP contribution >= 0.6 is 0 Å². The molecule has 0 aliphatic heterocycles. The van der Waals surface area contributed by atoms with Crippen molar-refractivity contribution in [2.24, 2.45) is 0 Å². The smallest absolute Gasteiger partial charge is 0.138 e. The molecule has 0 aliphatic carbocycles. The number of H-pyrrole nitrogens is 1. The fourth-order valence-electron chi connectivity index (χ4n) is 3.12. The van der Waals surface area contributed by atoms with Gasteiger partial charge in [0.05, 0.1) is 29.9 Å². The number of nitrogens with zero attached hydrogens (tertiary/aromatic N) is 2. The molecular weight excluding hydrogens is 416 g/mol. The van der Waals surface area contributed by atoms with Crippen LogP contribution in [0.4, 0.5) is 5.69 Å². The van der Waals surface area contributed by atoms with E-state index in [1.165, 1.54) is 0 Å². The van der Waals surface area contributed by atoms with Gasteiger partial charge in [-0.05, 0) is 66.3 Å². The van der Waals surface area contributed by atoms with Gasteiger partial charge in [-0.3, -0.25) is 10.1 Å². The molecule has 2 heterocycles. The molecule has 2 aromatic heterocycles. The van der Waals surface area contributed by atoms with Crippen LogP contribution in [0.15, 0.2) is 66.9 Å². The van der Waals surface area contributed by atoms with Gasteiger partial charge in [-0.2, -0.15) is 5.10 Å². The van der Waals surface area contributed by atoms with Gasteiger partial charge in [0.15, 0.2) is 0 Å². The molecule has 0 bridgehead atoms. The first-order valence-corrected chi connectivity index (χ1v) is 10.3.